The van der Waals surface area contributed by atoms with E-state index >= 15 is 0 Å². The molecule has 1 amide bonds. The molecule has 7 nitrogen and oxygen atoms in total. The molecule has 2 aromatic heterocycles. The molecule has 0 aliphatic carbocycles. The van der Waals surface area contributed by atoms with Gasteiger partial charge in [-0.05, 0) is 48.6 Å². The molecule has 2 aliphatic rings. The van der Waals surface area contributed by atoms with Crippen LogP contribution in [0.4, 0.5) is 16.3 Å². The lowest BCUT2D eigenvalue weighted by molar-refractivity contribution is 0.0303. The lowest BCUT2D eigenvalue weighted by Gasteiger charge is -2.33. The first-order valence-corrected chi connectivity index (χ1v) is 10.2. The van der Waals surface area contributed by atoms with Gasteiger partial charge in [0, 0.05) is 31.4 Å². The third kappa shape index (κ3) is 2.98. The summed E-state index contributed by atoms with van der Waals surface area (Å²) in [5.41, 5.74) is 2.42. The molecular formula is C20H20N4O3S. The fourth-order valence-corrected chi connectivity index (χ4v) is 4.77. The van der Waals surface area contributed by atoms with Crippen LogP contribution in [0.2, 0.25) is 0 Å². The van der Waals surface area contributed by atoms with Gasteiger partial charge in [0.25, 0.3) is 0 Å². The third-order valence-electron chi connectivity index (χ3n) is 5.43. The summed E-state index contributed by atoms with van der Waals surface area (Å²) in [5.74, 6) is 1.63. The molecule has 144 valence electrons. The third-order valence-corrected chi connectivity index (χ3v) is 6.33. The SMILES string of the molecule is CN(C(=O)O)c1ccc(-c2nc(N3CC4CCC(C3)O4)c3sccc3n2)cc1. The van der Waals surface area contributed by atoms with Crippen LogP contribution in [0.3, 0.4) is 0 Å². The zero-order valence-electron chi connectivity index (χ0n) is 15.4. The average Bonchev–Trinajstić information content (AvgIpc) is 3.32. The van der Waals surface area contributed by atoms with Gasteiger partial charge in [-0.1, -0.05) is 0 Å². The average molecular weight is 396 g/mol. The Kier molecular flexibility index (Phi) is 4.17. The van der Waals surface area contributed by atoms with Crippen LogP contribution in [-0.4, -0.2) is 53.5 Å². The molecule has 8 heteroatoms. The maximum Gasteiger partial charge on any atom is 0.411 e. The summed E-state index contributed by atoms with van der Waals surface area (Å²) in [7, 11) is 1.52. The van der Waals surface area contributed by atoms with Crippen molar-refractivity contribution in [3.8, 4) is 11.4 Å². The van der Waals surface area contributed by atoms with Gasteiger partial charge in [0.05, 0.1) is 22.4 Å². The van der Waals surface area contributed by atoms with Crippen LogP contribution in [0.15, 0.2) is 35.7 Å². The van der Waals surface area contributed by atoms with Gasteiger partial charge in [-0.3, -0.25) is 4.90 Å². The van der Waals surface area contributed by atoms with Crippen LogP contribution in [0.25, 0.3) is 21.6 Å². The van der Waals surface area contributed by atoms with Crippen LogP contribution in [0, 0.1) is 0 Å². The van der Waals surface area contributed by atoms with E-state index < -0.39 is 6.09 Å². The zero-order valence-corrected chi connectivity index (χ0v) is 16.2. The number of ether oxygens (including phenoxy) is 1. The predicted molar refractivity (Wildman–Crippen MR) is 109 cm³/mol. The van der Waals surface area contributed by atoms with Gasteiger partial charge < -0.3 is 14.7 Å². The quantitative estimate of drug-likeness (QED) is 0.725. The first kappa shape index (κ1) is 17.4. The number of amides is 1. The molecule has 5 rings (SSSR count). The molecule has 4 heterocycles. The molecule has 28 heavy (non-hydrogen) atoms. The molecule has 1 aromatic carbocycles. The number of morpholine rings is 1. The van der Waals surface area contributed by atoms with Crippen molar-refractivity contribution in [2.24, 2.45) is 0 Å². The maximum absolute atomic E-state index is 11.1. The Morgan fingerprint density at radius 2 is 1.89 bits per heavy atom. The number of anilines is 2. The van der Waals surface area contributed by atoms with Crippen molar-refractivity contribution in [1.29, 1.82) is 0 Å². The van der Waals surface area contributed by atoms with E-state index in [4.69, 9.17) is 19.8 Å². The predicted octanol–water partition coefficient (Wildman–Crippen LogP) is 3.84. The molecule has 3 aromatic rings. The summed E-state index contributed by atoms with van der Waals surface area (Å²) in [5, 5.41) is 11.2. The molecule has 0 spiro atoms. The topological polar surface area (TPSA) is 78.8 Å². The normalized spacial score (nSPS) is 21.2. The molecule has 2 aliphatic heterocycles. The Morgan fingerprint density at radius 3 is 2.57 bits per heavy atom. The number of aromatic nitrogens is 2. The van der Waals surface area contributed by atoms with Crippen molar-refractivity contribution < 1.29 is 14.6 Å². The van der Waals surface area contributed by atoms with E-state index in [1.54, 1.807) is 23.5 Å². The fourth-order valence-electron chi connectivity index (χ4n) is 3.92. The lowest BCUT2D eigenvalue weighted by atomic mass is 10.2. The van der Waals surface area contributed by atoms with Gasteiger partial charge in [-0.2, -0.15) is 0 Å². The van der Waals surface area contributed by atoms with E-state index in [9.17, 15) is 4.79 Å². The van der Waals surface area contributed by atoms with Crippen molar-refractivity contribution >= 4 is 39.2 Å². The number of nitrogens with zero attached hydrogens (tertiary/aromatic N) is 4. The Bertz CT molecular complexity index is 1020. The highest BCUT2D eigenvalue weighted by atomic mass is 32.1. The Morgan fingerprint density at radius 1 is 1.18 bits per heavy atom. The van der Waals surface area contributed by atoms with Crippen molar-refractivity contribution in [2.45, 2.75) is 25.0 Å². The number of fused-ring (bicyclic) bond motifs is 3. The molecular weight excluding hydrogens is 376 g/mol. The van der Waals surface area contributed by atoms with E-state index in [0.29, 0.717) is 11.5 Å². The summed E-state index contributed by atoms with van der Waals surface area (Å²) in [4.78, 5) is 24.3. The van der Waals surface area contributed by atoms with Gasteiger partial charge in [0.15, 0.2) is 11.6 Å². The molecule has 2 bridgehead atoms. The number of hydrogen-bond donors (Lipinski definition) is 1. The molecule has 2 saturated heterocycles. The van der Waals surface area contributed by atoms with E-state index in [1.165, 1.54) is 11.9 Å². The Labute approximate surface area is 166 Å². The van der Waals surface area contributed by atoms with Gasteiger partial charge in [0.1, 0.15) is 0 Å². The first-order valence-electron chi connectivity index (χ1n) is 9.31. The Hall–Kier alpha value is -2.71. The van der Waals surface area contributed by atoms with Crippen LogP contribution in [-0.2, 0) is 4.74 Å². The second kappa shape index (κ2) is 6.72. The second-order valence-electron chi connectivity index (χ2n) is 7.26. The molecule has 2 unspecified atom stereocenters. The second-order valence-corrected chi connectivity index (χ2v) is 8.17. The van der Waals surface area contributed by atoms with Gasteiger partial charge in [0.2, 0.25) is 0 Å². The first-order chi connectivity index (χ1) is 13.6. The van der Waals surface area contributed by atoms with Crippen molar-refractivity contribution in [1.82, 2.24) is 9.97 Å². The smallest absolute Gasteiger partial charge is 0.411 e. The highest BCUT2D eigenvalue weighted by molar-refractivity contribution is 7.17. The molecule has 2 fully saturated rings. The lowest BCUT2D eigenvalue weighted by Crippen LogP contribution is -2.43. The fraction of sp³-hybridized carbons (Fsp3) is 0.350. The minimum atomic E-state index is -0.993. The maximum atomic E-state index is 11.1. The summed E-state index contributed by atoms with van der Waals surface area (Å²) in [6.45, 7) is 1.73. The van der Waals surface area contributed by atoms with Crippen molar-refractivity contribution in [3.63, 3.8) is 0 Å². The van der Waals surface area contributed by atoms with Gasteiger partial charge in [-0.15, -0.1) is 11.3 Å². The minimum absolute atomic E-state index is 0.290. The summed E-state index contributed by atoms with van der Waals surface area (Å²) < 4.78 is 7.08. The number of thiophene rings is 1. The van der Waals surface area contributed by atoms with E-state index in [1.807, 2.05) is 23.6 Å². The largest absolute Gasteiger partial charge is 0.465 e. The van der Waals surface area contributed by atoms with Crippen LogP contribution < -0.4 is 9.80 Å². The monoisotopic (exact) mass is 396 g/mol. The highest BCUT2D eigenvalue weighted by Crippen LogP contribution is 2.35. The van der Waals surface area contributed by atoms with E-state index in [2.05, 4.69) is 4.90 Å². The molecule has 0 saturated carbocycles. The van der Waals surface area contributed by atoms with Crippen LogP contribution in [0.5, 0.6) is 0 Å². The van der Waals surface area contributed by atoms with Gasteiger partial charge >= 0.3 is 6.09 Å². The molecule has 2 atom stereocenters. The highest BCUT2D eigenvalue weighted by Gasteiger charge is 2.35. The summed E-state index contributed by atoms with van der Waals surface area (Å²) in [6.07, 6.45) is 1.82. The standard InChI is InChI=1S/C20H20N4O3S/c1-23(20(25)26)13-4-2-12(3-5-13)18-21-16-8-9-28-17(16)19(22-18)24-10-14-6-7-15(11-24)27-14/h2-5,8-9,14-15H,6-7,10-11H2,1H3,(H,25,26). The van der Waals surface area contributed by atoms with Crippen LogP contribution >= 0.6 is 11.3 Å². The van der Waals surface area contributed by atoms with E-state index in [0.717, 1.165) is 47.5 Å². The number of benzene rings is 1. The number of carbonyl (C=O) groups is 1. The van der Waals surface area contributed by atoms with E-state index in [-0.39, 0.29) is 12.2 Å². The molecule has 0 radical (unpaired) electrons. The minimum Gasteiger partial charge on any atom is -0.465 e. The van der Waals surface area contributed by atoms with Gasteiger partial charge in [-0.25, -0.2) is 14.8 Å². The van der Waals surface area contributed by atoms with Crippen LogP contribution in [0.1, 0.15) is 12.8 Å². The number of carboxylic acid groups (broad SMARTS) is 1. The Balaban J connectivity index is 1.53. The van der Waals surface area contributed by atoms with Crippen molar-refractivity contribution in [3.05, 3.63) is 35.7 Å². The van der Waals surface area contributed by atoms with Crippen molar-refractivity contribution in [2.75, 3.05) is 29.9 Å². The summed E-state index contributed by atoms with van der Waals surface area (Å²) >= 11 is 1.66. The number of rotatable bonds is 3. The number of hydrogen-bond acceptors (Lipinski definition) is 6. The zero-order chi connectivity index (χ0) is 19.3. The molecule has 1 N–H and O–H groups in total. The summed E-state index contributed by atoms with van der Waals surface area (Å²) in [6, 6.07) is 9.32.